The second kappa shape index (κ2) is 6.68. The minimum absolute atomic E-state index is 0.213. The molecule has 2 N–H and O–H groups in total. The SMILES string of the molecule is COCC(CO)NC(=O)c1ccc(F)c(Br)c1. The molecule has 0 fully saturated rings. The fourth-order valence-electron chi connectivity index (χ4n) is 1.25. The largest absolute Gasteiger partial charge is 0.394 e. The maximum Gasteiger partial charge on any atom is 0.251 e. The summed E-state index contributed by atoms with van der Waals surface area (Å²) in [6, 6.07) is 3.47. The zero-order valence-electron chi connectivity index (χ0n) is 9.24. The summed E-state index contributed by atoms with van der Waals surface area (Å²) in [7, 11) is 1.48. The van der Waals surface area contributed by atoms with Crippen LogP contribution in [0.3, 0.4) is 0 Å². The van der Waals surface area contributed by atoms with E-state index in [4.69, 9.17) is 9.84 Å². The van der Waals surface area contributed by atoms with E-state index in [0.29, 0.717) is 5.56 Å². The molecule has 0 spiro atoms. The first kappa shape index (κ1) is 14.1. The number of aliphatic hydroxyl groups excluding tert-OH is 1. The van der Waals surface area contributed by atoms with Gasteiger partial charge in [-0.2, -0.15) is 0 Å². The van der Waals surface area contributed by atoms with Crippen molar-refractivity contribution in [3.05, 3.63) is 34.1 Å². The molecule has 0 bridgehead atoms. The van der Waals surface area contributed by atoms with Crippen molar-refractivity contribution in [2.24, 2.45) is 0 Å². The van der Waals surface area contributed by atoms with Crippen molar-refractivity contribution >= 4 is 21.8 Å². The zero-order valence-corrected chi connectivity index (χ0v) is 10.8. The number of halogens is 2. The van der Waals surface area contributed by atoms with Gasteiger partial charge in [0.1, 0.15) is 5.82 Å². The molecule has 1 amide bonds. The molecule has 0 saturated heterocycles. The number of benzene rings is 1. The van der Waals surface area contributed by atoms with Gasteiger partial charge in [-0.25, -0.2) is 4.39 Å². The summed E-state index contributed by atoms with van der Waals surface area (Å²) < 4.78 is 18.0. The number of carbonyl (C=O) groups excluding carboxylic acids is 1. The summed E-state index contributed by atoms with van der Waals surface area (Å²) in [6.07, 6.45) is 0. The Morgan fingerprint density at radius 3 is 2.88 bits per heavy atom. The lowest BCUT2D eigenvalue weighted by Gasteiger charge is -2.15. The van der Waals surface area contributed by atoms with Crippen LogP contribution in [-0.2, 0) is 4.74 Å². The first-order valence-corrected chi connectivity index (χ1v) is 5.73. The molecular formula is C11H13BrFNO3. The molecule has 0 aromatic heterocycles. The van der Waals surface area contributed by atoms with E-state index in [0.717, 1.165) is 0 Å². The molecule has 1 aromatic rings. The van der Waals surface area contributed by atoms with Gasteiger partial charge in [0.2, 0.25) is 0 Å². The summed E-state index contributed by atoms with van der Waals surface area (Å²) in [4.78, 5) is 11.7. The number of aliphatic hydroxyl groups is 1. The van der Waals surface area contributed by atoms with E-state index >= 15 is 0 Å². The molecule has 1 rings (SSSR count). The highest BCUT2D eigenvalue weighted by atomic mass is 79.9. The molecule has 1 unspecified atom stereocenters. The van der Waals surface area contributed by atoms with Crippen molar-refractivity contribution < 1.29 is 19.0 Å². The van der Waals surface area contributed by atoms with Crippen LogP contribution in [0.5, 0.6) is 0 Å². The lowest BCUT2D eigenvalue weighted by Crippen LogP contribution is -2.40. The van der Waals surface area contributed by atoms with Gasteiger partial charge in [0.05, 0.1) is 23.7 Å². The molecule has 0 aliphatic carbocycles. The van der Waals surface area contributed by atoms with E-state index in [2.05, 4.69) is 21.2 Å². The molecule has 94 valence electrons. The maximum absolute atomic E-state index is 13.0. The number of rotatable bonds is 5. The summed E-state index contributed by atoms with van der Waals surface area (Å²) in [5, 5.41) is 11.6. The topological polar surface area (TPSA) is 58.6 Å². The molecule has 1 aromatic carbocycles. The van der Waals surface area contributed by atoms with Crippen LogP contribution in [0.2, 0.25) is 0 Å². The quantitative estimate of drug-likeness (QED) is 0.863. The molecule has 0 aliphatic heterocycles. The predicted molar refractivity (Wildman–Crippen MR) is 64.3 cm³/mol. The van der Waals surface area contributed by atoms with Crippen molar-refractivity contribution in [3.63, 3.8) is 0 Å². The third-order valence-electron chi connectivity index (χ3n) is 2.11. The highest BCUT2D eigenvalue weighted by Crippen LogP contribution is 2.16. The van der Waals surface area contributed by atoms with Crippen molar-refractivity contribution in [2.75, 3.05) is 20.3 Å². The molecule has 0 aliphatic rings. The predicted octanol–water partition coefficient (Wildman–Crippen LogP) is 1.33. The molecule has 4 nitrogen and oxygen atoms in total. The van der Waals surface area contributed by atoms with Crippen molar-refractivity contribution in [3.8, 4) is 0 Å². The van der Waals surface area contributed by atoms with Gasteiger partial charge in [-0.1, -0.05) is 0 Å². The molecule has 6 heteroatoms. The Morgan fingerprint density at radius 1 is 1.65 bits per heavy atom. The van der Waals surface area contributed by atoms with Crippen molar-refractivity contribution in [1.82, 2.24) is 5.32 Å². The maximum atomic E-state index is 13.0. The number of methoxy groups -OCH3 is 1. The highest BCUT2D eigenvalue weighted by Gasteiger charge is 2.13. The molecule has 0 saturated carbocycles. The van der Waals surface area contributed by atoms with Gasteiger partial charge < -0.3 is 15.2 Å². The summed E-state index contributed by atoms with van der Waals surface area (Å²) in [5.74, 6) is -0.820. The van der Waals surface area contributed by atoms with Crippen LogP contribution in [0.4, 0.5) is 4.39 Å². The number of amides is 1. The van der Waals surface area contributed by atoms with Crippen LogP contribution in [0, 0.1) is 5.82 Å². The van der Waals surface area contributed by atoms with Gasteiger partial charge in [0, 0.05) is 12.7 Å². The molecular weight excluding hydrogens is 293 g/mol. The van der Waals surface area contributed by atoms with Gasteiger partial charge in [-0.3, -0.25) is 4.79 Å². The number of hydrogen-bond acceptors (Lipinski definition) is 3. The van der Waals surface area contributed by atoms with Crippen LogP contribution in [0.15, 0.2) is 22.7 Å². The van der Waals surface area contributed by atoms with E-state index in [1.54, 1.807) is 0 Å². The lowest BCUT2D eigenvalue weighted by molar-refractivity contribution is 0.0839. The number of nitrogens with one attached hydrogen (secondary N) is 1. The minimum atomic E-state index is -0.476. The van der Waals surface area contributed by atoms with E-state index in [1.165, 1.54) is 25.3 Å². The summed E-state index contributed by atoms with van der Waals surface area (Å²) >= 11 is 3.00. The van der Waals surface area contributed by atoms with E-state index in [9.17, 15) is 9.18 Å². The Morgan fingerprint density at radius 2 is 2.35 bits per heavy atom. The molecule has 0 radical (unpaired) electrons. The monoisotopic (exact) mass is 305 g/mol. The van der Waals surface area contributed by atoms with Crippen LogP contribution in [0.25, 0.3) is 0 Å². The second-order valence-corrected chi connectivity index (χ2v) is 4.29. The first-order chi connectivity index (χ1) is 8.08. The Balaban J connectivity index is 2.72. The van der Waals surface area contributed by atoms with Crippen LogP contribution in [-0.4, -0.2) is 37.4 Å². The van der Waals surface area contributed by atoms with Gasteiger partial charge in [-0.15, -0.1) is 0 Å². The number of carbonyl (C=O) groups is 1. The Bertz CT molecular complexity index is 400. The summed E-state index contributed by atoms with van der Waals surface area (Å²) in [5.41, 5.74) is 0.313. The van der Waals surface area contributed by atoms with Gasteiger partial charge in [0.25, 0.3) is 5.91 Å². The Labute approximate surface area is 107 Å². The fourth-order valence-corrected chi connectivity index (χ4v) is 1.63. The smallest absolute Gasteiger partial charge is 0.251 e. The third-order valence-corrected chi connectivity index (χ3v) is 2.71. The van der Waals surface area contributed by atoms with Gasteiger partial charge in [-0.05, 0) is 34.1 Å². The van der Waals surface area contributed by atoms with Crippen LogP contribution in [0.1, 0.15) is 10.4 Å². The van der Waals surface area contributed by atoms with E-state index < -0.39 is 11.9 Å². The van der Waals surface area contributed by atoms with E-state index in [1.807, 2.05) is 0 Å². The van der Waals surface area contributed by atoms with Gasteiger partial charge in [0.15, 0.2) is 0 Å². The minimum Gasteiger partial charge on any atom is -0.394 e. The Kier molecular flexibility index (Phi) is 5.54. The first-order valence-electron chi connectivity index (χ1n) is 4.94. The van der Waals surface area contributed by atoms with Crippen LogP contribution < -0.4 is 5.32 Å². The van der Waals surface area contributed by atoms with Crippen molar-refractivity contribution in [1.29, 1.82) is 0 Å². The Hall–Kier alpha value is -0.980. The summed E-state index contributed by atoms with van der Waals surface area (Å²) in [6.45, 7) is -0.00739. The average Bonchev–Trinajstić information content (AvgIpc) is 2.31. The zero-order chi connectivity index (χ0) is 12.8. The van der Waals surface area contributed by atoms with Gasteiger partial charge >= 0.3 is 0 Å². The number of ether oxygens (including phenoxy) is 1. The fraction of sp³-hybridized carbons (Fsp3) is 0.364. The highest BCUT2D eigenvalue weighted by molar-refractivity contribution is 9.10. The molecule has 0 heterocycles. The van der Waals surface area contributed by atoms with Crippen LogP contribution >= 0.6 is 15.9 Å². The molecule has 1 atom stereocenters. The molecule has 17 heavy (non-hydrogen) atoms. The average molecular weight is 306 g/mol. The van der Waals surface area contributed by atoms with E-state index in [-0.39, 0.29) is 23.6 Å². The number of hydrogen-bond donors (Lipinski definition) is 2. The standard InChI is InChI=1S/C11H13BrFNO3/c1-17-6-8(5-15)14-11(16)7-2-3-10(13)9(12)4-7/h2-4,8,15H,5-6H2,1H3,(H,14,16). The second-order valence-electron chi connectivity index (χ2n) is 3.44. The normalized spacial score (nSPS) is 12.2. The third kappa shape index (κ3) is 4.07. The van der Waals surface area contributed by atoms with Crippen molar-refractivity contribution in [2.45, 2.75) is 6.04 Å². The lowest BCUT2D eigenvalue weighted by atomic mass is 10.2.